The highest BCUT2D eigenvalue weighted by atomic mass is 32.2. The van der Waals surface area contributed by atoms with Crippen LogP contribution in [0.25, 0.3) is 0 Å². The van der Waals surface area contributed by atoms with E-state index in [1.807, 2.05) is 0 Å². The molecule has 0 heterocycles. The molecule has 0 unspecified atom stereocenters. The predicted octanol–water partition coefficient (Wildman–Crippen LogP) is 2.49. The largest absolute Gasteiger partial charge is 0.478 e. The standard InChI is InChI=1S/C15H21NO4S/c1-11-5-7-12(8-6-11)10-16-21(19,20)14-4-2-3-13(9-14)15(17)18/h2-4,9,11-12,16H,5-8,10H2,1H3,(H,17,18). The summed E-state index contributed by atoms with van der Waals surface area (Å²) in [6, 6.07) is 5.43. The molecule has 1 saturated carbocycles. The maximum atomic E-state index is 12.2. The molecule has 6 heteroatoms. The van der Waals surface area contributed by atoms with Gasteiger partial charge >= 0.3 is 5.97 Å². The number of hydrogen-bond donors (Lipinski definition) is 2. The fourth-order valence-electron chi connectivity index (χ4n) is 2.64. The smallest absolute Gasteiger partial charge is 0.335 e. The van der Waals surface area contributed by atoms with Gasteiger partial charge in [0.1, 0.15) is 0 Å². The van der Waals surface area contributed by atoms with Crippen molar-refractivity contribution in [1.82, 2.24) is 4.72 Å². The predicted molar refractivity (Wildman–Crippen MR) is 79.7 cm³/mol. The lowest BCUT2D eigenvalue weighted by atomic mass is 9.83. The third-order valence-corrected chi connectivity index (χ3v) is 5.51. The van der Waals surface area contributed by atoms with Crippen LogP contribution in [0, 0.1) is 11.8 Å². The first-order valence-electron chi connectivity index (χ1n) is 7.21. The number of sulfonamides is 1. The van der Waals surface area contributed by atoms with E-state index in [-0.39, 0.29) is 10.5 Å². The second-order valence-electron chi connectivity index (χ2n) is 5.81. The van der Waals surface area contributed by atoms with Crippen LogP contribution in [0.1, 0.15) is 43.0 Å². The van der Waals surface area contributed by atoms with Crippen molar-refractivity contribution in [2.24, 2.45) is 11.8 Å². The lowest BCUT2D eigenvalue weighted by Gasteiger charge is -2.26. The maximum absolute atomic E-state index is 12.2. The fourth-order valence-corrected chi connectivity index (χ4v) is 3.80. The number of rotatable bonds is 5. The van der Waals surface area contributed by atoms with Crippen molar-refractivity contribution in [3.63, 3.8) is 0 Å². The summed E-state index contributed by atoms with van der Waals surface area (Å²) < 4.78 is 27.0. The first-order chi connectivity index (χ1) is 9.88. The second kappa shape index (κ2) is 6.58. The normalized spacial score (nSPS) is 22.9. The van der Waals surface area contributed by atoms with Gasteiger partial charge in [0, 0.05) is 6.54 Å². The molecule has 2 rings (SSSR count). The number of carboxylic acid groups (broad SMARTS) is 1. The molecular weight excluding hydrogens is 290 g/mol. The van der Waals surface area contributed by atoms with Crippen LogP contribution in [0.2, 0.25) is 0 Å². The molecule has 1 aromatic rings. The minimum absolute atomic E-state index is 0.00609. The molecule has 1 aliphatic carbocycles. The molecule has 116 valence electrons. The summed E-state index contributed by atoms with van der Waals surface area (Å²) in [4.78, 5) is 10.9. The molecule has 0 bridgehead atoms. The Morgan fingerprint density at radius 2 is 1.95 bits per heavy atom. The first kappa shape index (κ1) is 16.0. The monoisotopic (exact) mass is 311 g/mol. The van der Waals surface area contributed by atoms with Crippen LogP contribution in [0.5, 0.6) is 0 Å². The number of carboxylic acids is 1. The van der Waals surface area contributed by atoms with Crippen LogP contribution in [0.4, 0.5) is 0 Å². The average molecular weight is 311 g/mol. The Hall–Kier alpha value is -1.40. The van der Waals surface area contributed by atoms with Gasteiger partial charge in [-0.05, 0) is 42.9 Å². The van der Waals surface area contributed by atoms with Gasteiger partial charge in [-0.3, -0.25) is 0 Å². The summed E-state index contributed by atoms with van der Waals surface area (Å²) in [5, 5.41) is 8.92. The highest BCUT2D eigenvalue weighted by Crippen LogP contribution is 2.28. The maximum Gasteiger partial charge on any atom is 0.335 e. The van der Waals surface area contributed by atoms with Gasteiger partial charge in [-0.25, -0.2) is 17.9 Å². The van der Waals surface area contributed by atoms with Gasteiger partial charge in [-0.2, -0.15) is 0 Å². The molecule has 0 saturated heterocycles. The highest BCUT2D eigenvalue weighted by molar-refractivity contribution is 7.89. The zero-order chi connectivity index (χ0) is 15.5. The molecule has 2 N–H and O–H groups in total. The van der Waals surface area contributed by atoms with Gasteiger partial charge in [0.05, 0.1) is 10.5 Å². The van der Waals surface area contributed by atoms with Gasteiger partial charge in [-0.15, -0.1) is 0 Å². The van der Waals surface area contributed by atoms with Gasteiger partial charge in [0.25, 0.3) is 0 Å². The molecule has 1 aromatic carbocycles. The summed E-state index contributed by atoms with van der Waals surface area (Å²) in [5.41, 5.74) is -0.0237. The van der Waals surface area contributed by atoms with Crippen LogP contribution >= 0.6 is 0 Å². The SMILES string of the molecule is CC1CCC(CNS(=O)(=O)c2cccc(C(=O)O)c2)CC1. The van der Waals surface area contributed by atoms with Crippen molar-refractivity contribution in [3.05, 3.63) is 29.8 Å². The molecule has 0 aliphatic heterocycles. The summed E-state index contributed by atoms with van der Waals surface area (Å²) >= 11 is 0. The fraction of sp³-hybridized carbons (Fsp3) is 0.533. The number of carbonyl (C=O) groups is 1. The number of benzene rings is 1. The van der Waals surface area contributed by atoms with Crippen molar-refractivity contribution in [1.29, 1.82) is 0 Å². The highest BCUT2D eigenvalue weighted by Gasteiger charge is 2.21. The van der Waals surface area contributed by atoms with Crippen LogP contribution < -0.4 is 4.72 Å². The zero-order valence-electron chi connectivity index (χ0n) is 12.1. The molecule has 1 aliphatic rings. The summed E-state index contributed by atoms with van der Waals surface area (Å²) in [6.45, 7) is 2.64. The molecule has 5 nitrogen and oxygen atoms in total. The lowest BCUT2D eigenvalue weighted by Crippen LogP contribution is -2.31. The van der Waals surface area contributed by atoms with E-state index in [0.29, 0.717) is 12.5 Å². The Balaban J connectivity index is 2.01. The minimum atomic E-state index is -3.64. The third-order valence-electron chi connectivity index (χ3n) is 4.09. The van der Waals surface area contributed by atoms with Gasteiger partial charge in [0.2, 0.25) is 10.0 Å². The molecule has 0 amide bonds. The minimum Gasteiger partial charge on any atom is -0.478 e. The molecule has 21 heavy (non-hydrogen) atoms. The molecule has 0 radical (unpaired) electrons. The van der Waals surface area contributed by atoms with Gasteiger partial charge in [-0.1, -0.05) is 25.8 Å². The van der Waals surface area contributed by atoms with E-state index in [9.17, 15) is 13.2 Å². The third kappa shape index (κ3) is 4.28. The van der Waals surface area contributed by atoms with E-state index in [2.05, 4.69) is 11.6 Å². The van der Waals surface area contributed by atoms with E-state index in [0.717, 1.165) is 31.6 Å². The Morgan fingerprint density at radius 3 is 2.57 bits per heavy atom. The lowest BCUT2D eigenvalue weighted by molar-refractivity contribution is 0.0696. The number of aromatic carboxylic acids is 1. The van der Waals surface area contributed by atoms with Crippen LogP contribution in [0.3, 0.4) is 0 Å². The van der Waals surface area contributed by atoms with Crippen LogP contribution in [-0.4, -0.2) is 26.0 Å². The van der Waals surface area contributed by atoms with Gasteiger partial charge in [0.15, 0.2) is 0 Å². The second-order valence-corrected chi connectivity index (χ2v) is 7.58. The van der Waals surface area contributed by atoms with E-state index in [4.69, 9.17) is 5.11 Å². The first-order valence-corrected chi connectivity index (χ1v) is 8.70. The van der Waals surface area contributed by atoms with Crippen molar-refractivity contribution in [3.8, 4) is 0 Å². The van der Waals surface area contributed by atoms with Crippen molar-refractivity contribution in [2.75, 3.05) is 6.54 Å². The number of hydrogen-bond acceptors (Lipinski definition) is 3. The Kier molecular flexibility index (Phi) is 5.00. The Bertz CT molecular complexity index is 604. The van der Waals surface area contributed by atoms with E-state index in [1.54, 1.807) is 0 Å². The molecule has 1 fully saturated rings. The van der Waals surface area contributed by atoms with Gasteiger partial charge < -0.3 is 5.11 Å². The van der Waals surface area contributed by atoms with Crippen LogP contribution in [0.15, 0.2) is 29.2 Å². The summed E-state index contributed by atoms with van der Waals surface area (Å²) in [7, 11) is -3.64. The molecule has 0 spiro atoms. The topological polar surface area (TPSA) is 83.5 Å². The summed E-state index contributed by atoms with van der Waals surface area (Å²) in [6.07, 6.45) is 4.36. The Morgan fingerprint density at radius 1 is 1.29 bits per heavy atom. The van der Waals surface area contributed by atoms with E-state index in [1.165, 1.54) is 24.3 Å². The quantitative estimate of drug-likeness (QED) is 0.875. The Labute approximate surface area is 125 Å². The van der Waals surface area contributed by atoms with E-state index < -0.39 is 16.0 Å². The average Bonchev–Trinajstić information content (AvgIpc) is 2.47. The zero-order valence-corrected chi connectivity index (χ0v) is 12.9. The van der Waals surface area contributed by atoms with Crippen molar-refractivity contribution >= 4 is 16.0 Å². The molecule has 0 aromatic heterocycles. The van der Waals surface area contributed by atoms with Crippen LogP contribution in [-0.2, 0) is 10.0 Å². The number of nitrogens with one attached hydrogen (secondary N) is 1. The van der Waals surface area contributed by atoms with Crippen molar-refractivity contribution < 1.29 is 18.3 Å². The molecular formula is C15H21NO4S. The summed E-state index contributed by atoms with van der Waals surface area (Å²) in [5.74, 6) is -0.0305. The van der Waals surface area contributed by atoms with E-state index >= 15 is 0 Å². The van der Waals surface area contributed by atoms with Crippen molar-refractivity contribution in [2.45, 2.75) is 37.5 Å². The molecule has 0 atom stereocenters.